The quantitative estimate of drug-likeness (QED) is 0.859. The van der Waals surface area contributed by atoms with E-state index in [1.165, 1.54) is 42.5 Å². The van der Waals surface area contributed by atoms with Crippen molar-refractivity contribution in [2.24, 2.45) is 0 Å². The maximum Gasteiger partial charge on any atom is 0.241 e. The van der Waals surface area contributed by atoms with Gasteiger partial charge in [-0.15, -0.1) is 0 Å². The molecule has 0 aromatic heterocycles. The van der Waals surface area contributed by atoms with Gasteiger partial charge in [-0.1, -0.05) is 29.8 Å². The first kappa shape index (κ1) is 15.6. The molecule has 0 fully saturated rings. The average molecular weight is 328 g/mol. The van der Waals surface area contributed by atoms with Crippen molar-refractivity contribution >= 4 is 27.4 Å². The van der Waals surface area contributed by atoms with Crippen LogP contribution in [-0.4, -0.2) is 20.7 Å². The summed E-state index contributed by atoms with van der Waals surface area (Å²) in [6.45, 7) is -0.532. The molecule has 0 spiro atoms. The van der Waals surface area contributed by atoms with Crippen LogP contribution in [0.15, 0.2) is 53.4 Å². The number of hydrogen-bond donors (Lipinski definition) is 1. The van der Waals surface area contributed by atoms with Crippen LogP contribution in [0.4, 0.5) is 4.39 Å². The van der Waals surface area contributed by atoms with Crippen molar-refractivity contribution in [1.29, 1.82) is 0 Å². The van der Waals surface area contributed by atoms with E-state index in [0.717, 1.165) is 6.07 Å². The molecule has 0 bridgehead atoms. The summed E-state index contributed by atoms with van der Waals surface area (Å²) in [7, 11) is -3.88. The molecule has 0 amide bonds. The standard InChI is InChI=1S/C14H11ClFNO3S/c15-10-4-3-5-11(8-10)21(19,20)17-9-14(18)12-6-1-2-7-13(12)16/h1-8,17H,9H2. The van der Waals surface area contributed by atoms with E-state index in [1.54, 1.807) is 0 Å². The molecule has 21 heavy (non-hydrogen) atoms. The molecule has 2 rings (SSSR count). The Balaban J connectivity index is 2.12. The summed E-state index contributed by atoms with van der Waals surface area (Å²) < 4.78 is 39.5. The minimum atomic E-state index is -3.88. The first-order chi connectivity index (χ1) is 9.90. The monoisotopic (exact) mass is 327 g/mol. The molecule has 0 aliphatic carbocycles. The largest absolute Gasteiger partial charge is 0.293 e. The zero-order chi connectivity index (χ0) is 15.5. The van der Waals surface area contributed by atoms with Gasteiger partial charge in [0.2, 0.25) is 10.0 Å². The number of nitrogens with one attached hydrogen (secondary N) is 1. The van der Waals surface area contributed by atoms with E-state index in [0.29, 0.717) is 0 Å². The Bertz CT molecular complexity index is 777. The van der Waals surface area contributed by atoms with E-state index in [-0.39, 0.29) is 15.5 Å². The molecule has 0 atom stereocenters. The molecule has 0 heterocycles. The van der Waals surface area contributed by atoms with Gasteiger partial charge in [0.25, 0.3) is 0 Å². The molecule has 0 radical (unpaired) electrons. The SMILES string of the molecule is O=C(CNS(=O)(=O)c1cccc(Cl)c1)c1ccccc1F. The molecule has 4 nitrogen and oxygen atoms in total. The Labute approximate surface area is 126 Å². The van der Waals surface area contributed by atoms with Gasteiger partial charge < -0.3 is 0 Å². The molecule has 0 aliphatic rings. The summed E-state index contributed by atoms with van der Waals surface area (Å²) in [6.07, 6.45) is 0. The van der Waals surface area contributed by atoms with E-state index in [4.69, 9.17) is 11.6 Å². The highest BCUT2D eigenvalue weighted by atomic mass is 35.5. The fourth-order valence-corrected chi connectivity index (χ4v) is 2.94. The number of ketones is 1. The van der Waals surface area contributed by atoms with Crippen LogP contribution in [0.3, 0.4) is 0 Å². The number of sulfonamides is 1. The molecular weight excluding hydrogens is 317 g/mol. The predicted molar refractivity (Wildman–Crippen MR) is 77.4 cm³/mol. The van der Waals surface area contributed by atoms with Gasteiger partial charge in [0.05, 0.1) is 17.0 Å². The molecule has 2 aromatic carbocycles. The minimum absolute atomic E-state index is 0.0590. The molecule has 0 aliphatic heterocycles. The molecule has 0 unspecified atom stereocenters. The smallest absolute Gasteiger partial charge is 0.241 e. The van der Waals surface area contributed by atoms with Gasteiger partial charge >= 0.3 is 0 Å². The number of carbonyl (C=O) groups is 1. The van der Waals surface area contributed by atoms with Gasteiger partial charge in [-0.3, -0.25) is 4.79 Å². The van der Waals surface area contributed by atoms with Crippen LogP contribution in [0.25, 0.3) is 0 Å². The lowest BCUT2D eigenvalue weighted by Crippen LogP contribution is -2.30. The maximum absolute atomic E-state index is 13.4. The molecule has 7 heteroatoms. The van der Waals surface area contributed by atoms with Gasteiger partial charge in [0, 0.05) is 5.02 Å². The number of carbonyl (C=O) groups excluding carboxylic acids is 1. The van der Waals surface area contributed by atoms with Gasteiger partial charge in [-0.05, 0) is 30.3 Å². The van der Waals surface area contributed by atoms with E-state index >= 15 is 0 Å². The molecule has 110 valence electrons. The van der Waals surface area contributed by atoms with Crippen molar-refractivity contribution in [2.75, 3.05) is 6.54 Å². The Morgan fingerprint density at radius 2 is 1.86 bits per heavy atom. The second kappa shape index (κ2) is 6.34. The molecule has 2 aromatic rings. The second-order valence-electron chi connectivity index (χ2n) is 4.18. The van der Waals surface area contributed by atoms with Crippen LogP contribution >= 0.6 is 11.6 Å². The molecular formula is C14H11ClFNO3S. The summed E-state index contributed by atoms with van der Waals surface area (Å²) in [5, 5.41) is 0.262. The number of halogens is 2. The maximum atomic E-state index is 13.4. The summed E-state index contributed by atoms with van der Waals surface area (Å²) in [4.78, 5) is 11.8. The fraction of sp³-hybridized carbons (Fsp3) is 0.0714. The predicted octanol–water partition coefficient (Wildman–Crippen LogP) is 2.64. The number of rotatable bonds is 5. The third-order valence-electron chi connectivity index (χ3n) is 2.70. The van der Waals surface area contributed by atoms with E-state index in [1.807, 2.05) is 0 Å². The Morgan fingerprint density at radius 1 is 1.14 bits per heavy atom. The third-order valence-corrected chi connectivity index (χ3v) is 4.34. The zero-order valence-corrected chi connectivity index (χ0v) is 12.3. The fourth-order valence-electron chi connectivity index (χ4n) is 1.66. The molecule has 0 saturated heterocycles. The summed E-state index contributed by atoms with van der Waals surface area (Å²) in [6, 6.07) is 11.0. The summed E-state index contributed by atoms with van der Waals surface area (Å²) in [5.74, 6) is -1.34. The average Bonchev–Trinajstić information content (AvgIpc) is 2.45. The molecule has 1 N–H and O–H groups in total. The first-order valence-electron chi connectivity index (χ1n) is 5.93. The zero-order valence-electron chi connectivity index (χ0n) is 10.7. The van der Waals surface area contributed by atoms with Crippen molar-refractivity contribution in [2.45, 2.75) is 4.90 Å². The van der Waals surface area contributed by atoms with E-state index < -0.39 is 28.2 Å². The second-order valence-corrected chi connectivity index (χ2v) is 6.39. The Morgan fingerprint density at radius 3 is 2.52 bits per heavy atom. The Kier molecular flexibility index (Phi) is 4.72. The van der Waals surface area contributed by atoms with Crippen molar-refractivity contribution in [1.82, 2.24) is 4.72 Å². The van der Waals surface area contributed by atoms with E-state index in [2.05, 4.69) is 4.72 Å². The highest BCUT2D eigenvalue weighted by molar-refractivity contribution is 7.89. The lowest BCUT2D eigenvalue weighted by Gasteiger charge is -2.07. The number of hydrogen-bond acceptors (Lipinski definition) is 3. The molecule has 0 saturated carbocycles. The highest BCUT2D eigenvalue weighted by Gasteiger charge is 2.17. The van der Waals surface area contributed by atoms with Gasteiger partial charge in [-0.2, -0.15) is 0 Å². The normalized spacial score (nSPS) is 11.3. The van der Waals surface area contributed by atoms with Crippen molar-refractivity contribution in [3.05, 3.63) is 64.9 Å². The summed E-state index contributed by atoms with van der Waals surface area (Å²) in [5.41, 5.74) is -0.161. The van der Waals surface area contributed by atoms with Crippen LogP contribution < -0.4 is 4.72 Å². The van der Waals surface area contributed by atoms with Crippen molar-refractivity contribution in [3.8, 4) is 0 Å². The lowest BCUT2D eigenvalue weighted by molar-refractivity contribution is 0.0993. The number of Topliss-reactive ketones (excluding diaryl/α,β-unsaturated/α-hetero) is 1. The van der Waals surface area contributed by atoms with Crippen LogP contribution in [0, 0.1) is 5.82 Å². The van der Waals surface area contributed by atoms with Crippen molar-refractivity contribution in [3.63, 3.8) is 0 Å². The van der Waals surface area contributed by atoms with Gasteiger partial charge in [-0.25, -0.2) is 17.5 Å². The van der Waals surface area contributed by atoms with Crippen LogP contribution in [0.2, 0.25) is 5.02 Å². The number of benzene rings is 2. The lowest BCUT2D eigenvalue weighted by atomic mass is 10.1. The first-order valence-corrected chi connectivity index (χ1v) is 7.79. The van der Waals surface area contributed by atoms with Gasteiger partial charge in [0.1, 0.15) is 5.82 Å². The van der Waals surface area contributed by atoms with Crippen LogP contribution in [0.5, 0.6) is 0 Å². The van der Waals surface area contributed by atoms with Crippen molar-refractivity contribution < 1.29 is 17.6 Å². The third kappa shape index (κ3) is 3.87. The van der Waals surface area contributed by atoms with E-state index in [9.17, 15) is 17.6 Å². The van der Waals surface area contributed by atoms with Gasteiger partial charge in [0.15, 0.2) is 5.78 Å². The Hall–Kier alpha value is -1.76. The van der Waals surface area contributed by atoms with Crippen LogP contribution in [0.1, 0.15) is 10.4 Å². The van der Waals surface area contributed by atoms with Crippen LogP contribution in [-0.2, 0) is 10.0 Å². The highest BCUT2D eigenvalue weighted by Crippen LogP contribution is 2.15. The minimum Gasteiger partial charge on any atom is -0.293 e. The topological polar surface area (TPSA) is 63.2 Å². The summed E-state index contributed by atoms with van der Waals surface area (Å²) >= 11 is 5.72.